The van der Waals surface area contributed by atoms with Crippen molar-refractivity contribution in [3.63, 3.8) is 0 Å². The highest BCUT2D eigenvalue weighted by Gasteiger charge is 2.23. The van der Waals surface area contributed by atoms with Crippen LogP contribution in [0.4, 0.5) is 11.6 Å². The molecule has 202 valence electrons. The van der Waals surface area contributed by atoms with Crippen LogP contribution in [0.15, 0.2) is 24.4 Å². The summed E-state index contributed by atoms with van der Waals surface area (Å²) in [5, 5.41) is 23.1. The average molecular weight is 524 g/mol. The number of aromatic nitrogens is 2. The maximum absolute atomic E-state index is 12.3. The van der Waals surface area contributed by atoms with Crippen LogP contribution in [0.25, 0.3) is 0 Å². The molecule has 38 heavy (non-hydrogen) atoms. The van der Waals surface area contributed by atoms with Crippen LogP contribution in [0.2, 0.25) is 0 Å². The molecule has 2 saturated heterocycles. The fourth-order valence-electron chi connectivity index (χ4n) is 4.32. The summed E-state index contributed by atoms with van der Waals surface area (Å²) >= 11 is 0. The van der Waals surface area contributed by atoms with E-state index in [1.807, 2.05) is 11.9 Å². The number of rotatable bonds is 10. The number of aldehydes is 1. The zero-order valence-electron chi connectivity index (χ0n) is 21.7. The van der Waals surface area contributed by atoms with Crippen molar-refractivity contribution in [1.82, 2.24) is 19.8 Å². The predicted molar refractivity (Wildman–Crippen MR) is 139 cm³/mol. The number of likely N-dealkylation sites (N-methyl/N-ethyl adjacent to an activating group) is 1. The summed E-state index contributed by atoms with van der Waals surface area (Å²) in [5.74, 6) is 0.989. The zero-order chi connectivity index (χ0) is 27.1. The first-order valence-corrected chi connectivity index (χ1v) is 12.6. The number of pyridine rings is 2. The molecule has 4 heterocycles. The minimum Gasteiger partial charge on any atom is -0.489 e. The number of nitrogens with one attached hydrogen (secondary N) is 1. The summed E-state index contributed by atoms with van der Waals surface area (Å²) < 4.78 is 11.5. The van der Waals surface area contributed by atoms with E-state index in [1.165, 1.54) is 11.1 Å². The Morgan fingerprint density at radius 2 is 2.24 bits per heavy atom. The molecule has 2 aromatic rings. The quantitative estimate of drug-likeness (QED) is 0.342. The van der Waals surface area contributed by atoms with Crippen molar-refractivity contribution in [3.8, 4) is 11.8 Å². The number of amides is 1. The maximum atomic E-state index is 12.3. The van der Waals surface area contributed by atoms with E-state index in [-0.39, 0.29) is 23.3 Å². The van der Waals surface area contributed by atoms with Gasteiger partial charge in [0.15, 0.2) is 6.29 Å². The molecule has 0 bridgehead atoms. The molecule has 0 aromatic carbocycles. The highest BCUT2D eigenvalue weighted by atomic mass is 16.5. The highest BCUT2D eigenvalue weighted by molar-refractivity contribution is 5.80. The smallest absolute Gasteiger partial charge is 0.237 e. The molecule has 12 nitrogen and oxygen atoms in total. The van der Waals surface area contributed by atoms with E-state index in [9.17, 15) is 20.0 Å². The SMILES string of the molecule is CN1CCN(Cc2ccc(N(C)C(O)Nc3cc(OCC4CCCCO4)c(C#N)cn3)nc2C=O)C(=O)C1. The third-order valence-corrected chi connectivity index (χ3v) is 6.67. The van der Waals surface area contributed by atoms with Gasteiger partial charge in [-0.3, -0.25) is 14.5 Å². The van der Waals surface area contributed by atoms with E-state index in [0.717, 1.165) is 25.8 Å². The van der Waals surface area contributed by atoms with Crippen molar-refractivity contribution in [2.24, 2.45) is 0 Å². The Kier molecular flexibility index (Phi) is 9.06. The Morgan fingerprint density at radius 3 is 2.95 bits per heavy atom. The molecule has 1 amide bonds. The van der Waals surface area contributed by atoms with Gasteiger partial charge in [-0.1, -0.05) is 6.07 Å². The van der Waals surface area contributed by atoms with Crippen LogP contribution in [0.3, 0.4) is 0 Å². The Hall–Kier alpha value is -3.79. The number of nitrogens with zero attached hydrogens (tertiary/aromatic N) is 6. The number of aliphatic hydroxyl groups excluding tert-OH is 1. The number of carbonyl (C=O) groups is 2. The number of carbonyl (C=O) groups excluding carboxylic acids is 2. The van der Waals surface area contributed by atoms with Gasteiger partial charge < -0.3 is 29.7 Å². The number of ether oxygens (including phenoxy) is 2. The number of aliphatic hydroxyl groups is 1. The molecule has 2 aliphatic rings. The lowest BCUT2D eigenvalue weighted by atomic mass is 10.1. The van der Waals surface area contributed by atoms with Gasteiger partial charge in [0.25, 0.3) is 0 Å². The number of nitriles is 1. The van der Waals surface area contributed by atoms with Gasteiger partial charge in [-0.25, -0.2) is 9.97 Å². The van der Waals surface area contributed by atoms with Crippen molar-refractivity contribution in [2.75, 3.05) is 57.2 Å². The van der Waals surface area contributed by atoms with Crippen LogP contribution in [-0.2, 0) is 16.1 Å². The summed E-state index contributed by atoms with van der Waals surface area (Å²) in [6, 6.07) is 7.04. The van der Waals surface area contributed by atoms with E-state index >= 15 is 0 Å². The van der Waals surface area contributed by atoms with Crippen molar-refractivity contribution in [2.45, 2.75) is 38.3 Å². The molecular formula is C26H33N7O5. The Labute approximate surface area is 221 Å². The summed E-state index contributed by atoms with van der Waals surface area (Å²) in [7, 11) is 3.51. The molecule has 0 aliphatic carbocycles. The largest absolute Gasteiger partial charge is 0.489 e. The fraction of sp³-hybridized carbons (Fsp3) is 0.500. The van der Waals surface area contributed by atoms with Crippen molar-refractivity contribution in [1.29, 1.82) is 5.26 Å². The topological polar surface area (TPSA) is 144 Å². The van der Waals surface area contributed by atoms with E-state index in [4.69, 9.17) is 9.47 Å². The van der Waals surface area contributed by atoms with Crippen molar-refractivity contribution >= 4 is 23.8 Å². The van der Waals surface area contributed by atoms with Crippen LogP contribution in [0, 0.1) is 11.3 Å². The monoisotopic (exact) mass is 523 g/mol. The lowest BCUT2D eigenvalue weighted by molar-refractivity contribution is -0.136. The summed E-state index contributed by atoms with van der Waals surface area (Å²) in [5.41, 5.74) is 1.11. The first-order chi connectivity index (χ1) is 18.4. The Balaban J connectivity index is 1.41. The highest BCUT2D eigenvalue weighted by Crippen LogP contribution is 2.24. The summed E-state index contributed by atoms with van der Waals surface area (Å²) in [4.78, 5) is 37.8. The number of anilines is 2. The maximum Gasteiger partial charge on any atom is 0.237 e. The summed E-state index contributed by atoms with van der Waals surface area (Å²) in [6.07, 6.45) is 3.78. The molecule has 2 aromatic heterocycles. The van der Waals surface area contributed by atoms with E-state index in [1.54, 1.807) is 30.1 Å². The molecule has 0 radical (unpaired) electrons. The van der Waals surface area contributed by atoms with Gasteiger partial charge in [0.05, 0.1) is 18.8 Å². The lowest BCUT2D eigenvalue weighted by Gasteiger charge is -2.32. The minimum absolute atomic E-state index is 0.000878. The van der Waals surface area contributed by atoms with E-state index in [0.29, 0.717) is 62.1 Å². The van der Waals surface area contributed by atoms with Gasteiger partial charge in [-0.2, -0.15) is 5.26 Å². The van der Waals surface area contributed by atoms with Crippen molar-refractivity contribution < 1.29 is 24.2 Å². The normalized spacial score (nSPS) is 18.9. The second-order valence-electron chi connectivity index (χ2n) is 9.49. The van der Waals surface area contributed by atoms with Crippen LogP contribution in [0.5, 0.6) is 5.75 Å². The van der Waals surface area contributed by atoms with E-state index in [2.05, 4.69) is 21.4 Å². The fourth-order valence-corrected chi connectivity index (χ4v) is 4.32. The molecule has 0 saturated carbocycles. The van der Waals surface area contributed by atoms with Gasteiger partial charge >= 0.3 is 0 Å². The third kappa shape index (κ3) is 6.74. The molecule has 0 spiro atoms. The zero-order valence-corrected chi connectivity index (χ0v) is 21.7. The Bertz CT molecular complexity index is 1180. The van der Waals surface area contributed by atoms with Gasteiger partial charge in [0.2, 0.25) is 12.3 Å². The Morgan fingerprint density at radius 1 is 1.39 bits per heavy atom. The van der Waals surface area contributed by atoms with Crippen molar-refractivity contribution in [3.05, 3.63) is 41.2 Å². The molecular weight excluding hydrogens is 490 g/mol. The van der Waals surface area contributed by atoms with E-state index < -0.39 is 6.35 Å². The second-order valence-corrected chi connectivity index (χ2v) is 9.49. The van der Waals surface area contributed by atoms with Crippen LogP contribution in [0.1, 0.15) is 40.9 Å². The molecule has 2 aliphatic heterocycles. The van der Waals surface area contributed by atoms with Crippen LogP contribution in [-0.4, -0.2) is 96.5 Å². The summed E-state index contributed by atoms with van der Waals surface area (Å²) in [6.45, 7) is 3.00. The van der Waals surface area contributed by atoms with Crippen LogP contribution >= 0.6 is 0 Å². The van der Waals surface area contributed by atoms with Gasteiger partial charge in [-0.05, 0) is 32.4 Å². The molecule has 12 heteroatoms. The first-order valence-electron chi connectivity index (χ1n) is 12.6. The van der Waals surface area contributed by atoms with Crippen LogP contribution < -0.4 is 15.0 Å². The molecule has 2 N–H and O–H groups in total. The lowest BCUT2D eigenvalue weighted by Crippen LogP contribution is -2.48. The molecule has 2 unspecified atom stereocenters. The third-order valence-electron chi connectivity index (χ3n) is 6.67. The molecule has 2 atom stereocenters. The number of hydrogen-bond acceptors (Lipinski definition) is 11. The average Bonchev–Trinajstić information content (AvgIpc) is 2.93. The number of hydrogen-bond donors (Lipinski definition) is 2. The first kappa shape index (κ1) is 27.3. The molecule has 4 rings (SSSR count). The van der Waals surface area contributed by atoms with Gasteiger partial charge in [0, 0.05) is 44.9 Å². The standard InChI is InChI=1S/C26H33N7O5/c1-31-8-9-33(25(35)15-31)14-18-6-7-24(29-21(18)16-34)32(2)26(36)30-23-11-22(19(12-27)13-28-23)38-17-20-5-3-4-10-37-20/h6-7,11,13,16,20,26,36H,3-5,8-10,14-15,17H2,1-2H3,(H,28,30). The van der Waals surface area contributed by atoms with Gasteiger partial charge in [-0.15, -0.1) is 0 Å². The predicted octanol–water partition coefficient (Wildman–Crippen LogP) is 1.21. The second kappa shape index (κ2) is 12.6. The van der Waals surface area contributed by atoms with Gasteiger partial charge in [0.1, 0.15) is 41.3 Å². The molecule has 2 fully saturated rings. The number of piperazine rings is 1. The minimum atomic E-state index is -1.25.